The monoisotopic (exact) mass is 508 g/mol. The fraction of sp³-hybridized carbons (Fsp3) is 0. The van der Waals surface area contributed by atoms with Crippen LogP contribution >= 0.6 is 0 Å². The minimum Gasteiger partial charge on any atom is -2.00 e. The molecule has 0 atom stereocenters. The van der Waals surface area contributed by atoms with Crippen molar-refractivity contribution in [1.82, 2.24) is 0 Å². The van der Waals surface area contributed by atoms with Crippen LogP contribution in [0.1, 0.15) is 0 Å². The van der Waals surface area contributed by atoms with Gasteiger partial charge in [-0.05, 0) is 0 Å². The summed E-state index contributed by atoms with van der Waals surface area (Å²) in [7, 11) is 0. The Hall–Kier alpha value is 1.96. The van der Waals surface area contributed by atoms with Gasteiger partial charge in [0.2, 0.25) is 0 Å². The molecule has 0 N–H and O–H groups in total. The summed E-state index contributed by atoms with van der Waals surface area (Å²) in [6.45, 7) is 0. The van der Waals surface area contributed by atoms with Gasteiger partial charge in [-0.15, -0.1) is 0 Å². The Balaban J connectivity index is 0. The molecule has 0 bridgehead atoms. The van der Waals surface area contributed by atoms with E-state index >= 15 is 0 Å². The van der Waals surface area contributed by atoms with E-state index in [0.29, 0.717) is 0 Å². The van der Waals surface area contributed by atoms with E-state index in [1.54, 1.807) is 0 Å². The third-order valence-corrected chi connectivity index (χ3v) is 0. The van der Waals surface area contributed by atoms with Gasteiger partial charge in [0.15, 0.2) is 0 Å². The van der Waals surface area contributed by atoms with Crippen LogP contribution in [0.15, 0.2) is 0 Å². The van der Waals surface area contributed by atoms with Crippen LogP contribution in [0.4, 0.5) is 0 Å². The first-order valence-corrected chi connectivity index (χ1v) is 0. The van der Waals surface area contributed by atoms with E-state index in [1.807, 2.05) is 0 Å². The maximum Gasteiger partial charge on any atom is 4.00 e. The smallest absolute Gasteiger partial charge is 2.00 e. The van der Waals surface area contributed by atoms with E-state index in [4.69, 9.17) is 0 Å². The van der Waals surface area contributed by atoms with E-state index in [9.17, 15) is 0 Å². The van der Waals surface area contributed by atoms with Gasteiger partial charge in [0.25, 0.3) is 0 Å². The molecule has 0 rings (SSSR count). The molecule has 0 aromatic carbocycles. The quantitative estimate of drug-likeness (QED) is 0.429. The molecule has 0 amide bonds. The molecule has 0 saturated heterocycles. The van der Waals surface area contributed by atoms with Crippen LogP contribution in [-0.2, 0) is 11.0 Å². The molecule has 0 spiro atoms. The third-order valence-electron chi connectivity index (χ3n) is 0. The second-order valence-corrected chi connectivity index (χ2v) is 0. The van der Waals surface area contributed by atoms with E-state index in [1.165, 1.54) is 0 Å². The summed E-state index contributed by atoms with van der Waals surface area (Å²) in [6.07, 6.45) is 0. The Morgan fingerprint density at radius 2 is 0.750 bits per heavy atom. The van der Waals surface area contributed by atoms with Crippen molar-refractivity contribution in [2.75, 3.05) is 0 Å². The van der Waals surface area contributed by atoms with Gasteiger partial charge in [-0.25, -0.2) is 0 Å². The fourth-order valence-corrected chi connectivity index (χ4v) is 0. The van der Waals surface area contributed by atoms with Crippen LogP contribution in [-0.4, -0.2) is 0 Å². The average molecular weight is 514 g/mol. The van der Waals surface area contributed by atoms with Crippen molar-refractivity contribution in [2.24, 2.45) is 0 Å². The van der Waals surface area contributed by atoms with E-state index < -0.39 is 0 Å². The fourth-order valence-electron chi connectivity index (χ4n) is 0. The molecule has 0 aliphatic rings. The van der Waals surface area contributed by atoms with Gasteiger partial charge in [0.1, 0.15) is 0 Å². The molecular weight excluding hydrogens is 514 g/mol. The maximum atomic E-state index is 0. The molecule has 4 heteroatoms. The van der Waals surface area contributed by atoms with Gasteiger partial charge in [-0.1, -0.05) is 0 Å². The SMILES string of the molecule is [O-2].[O-2].[Pu+4].[U]. The van der Waals surface area contributed by atoms with E-state index in [0.717, 1.165) is 0 Å². The molecular formula is O2PuU. The first-order valence-electron chi connectivity index (χ1n) is 0. The molecule has 0 unspecified atom stereocenters. The van der Waals surface area contributed by atoms with Crippen LogP contribution in [0.25, 0.3) is 0 Å². The minimum atomic E-state index is 0. The van der Waals surface area contributed by atoms with Gasteiger partial charge >= 0.3 is 29.2 Å². The minimum absolute atomic E-state index is 0. The summed E-state index contributed by atoms with van der Waals surface area (Å²) in [5.41, 5.74) is 0. The van der Waals surface area contributed by atoms with Gasteiger partial charge < -0.3 is 11.0 Å². The van der Waals surface area contributed by atoms with Crippen molar-refractivity contribution in [3.05, 3.63) is 0 Å². The Bertz CT molecular complexity index is 6.00. The molecule has 22 valence electrons. The van der Waals surface area contributed by atoms with Crippen molar-refractivity contribution >= 4 is 0 Å². The zero-order valence-electron chi connectivity index (χ0n) is 1.72. The topological polar surface area (TPSA) is 57.0 Å². The Labute approximate surface area is 70.3 Å². The first kappa shape index (κ1) is 38.2. The molecule has 2 nitrogen and oxygen atoms in total. The van der Waals surface area contributed by atoms with Crippen LogP contribution < -0.4 is 0 Å². The number of hydrogen-bond acceptors (Lipinski definition) is 0. The molecule has 0 saturated carbocycles. The summed E-state index contributed by atoms with van der Waals surface area (Å²) >= 11 is 0. The van der Waals surface area contributed by atoms with Crippen molar-refractivity contribution in [3.8, 4) is 0 Å². The zero-order chi connectivity index (χ0) is 0. The van der Waals surface area contributed by atoms with Gasteiger partial charge in [0, 0.05) is 31.1 Å². The molecule has 0 aromatic heterocycles. The molecule has 0 heterocycles. The van der Waals surface area contributed by atoms with Crippen molar-refractivity contribution in [1.29, 1.82) is 0 Å². The number of rotatable bonds is 0. The predicted molar refractivity (Wildman–Crippen MR) is 1.37 cm³/mol. The summed E-state index contributed by atoms with van der Waals surface area (Å²) < 4.78 is 0. The van der Waals surface area contributed by atoms with Gasteiger partial charge in [-0.3, -0.25) is 0 Å². The second-order valence-electron chi connectivity index (χ2n) is 0. The van der Waals surface area contributed by atoms with Crippen LogP contribution in [0, 0.1) is 60.3 Å². The first-order chi connectivity index (χ1) is 0. The van der Waals surface area contributed by atoms with Crippen molar-refractivity contribution in [3.63, 3.8) is 0 Å². The molecule has 0 radical (unpaired) electrons. The summed E-state index contributed by atoms with van der Waals surface area (Å²) in [4.78, 5) is 0. The predicted octanol–water partition coefficient (Wildman–Crippen LogP) is -0.238. The van der Waals surface area contributed by atoms with Gasteiger partial charge in [0.05, 0.1) is 0 Å². The van der Waals surface area contributed by atoms with Crippen molar-refractivity contribution < 1.29 is 71.2 Å². The molecule has 0 aromatic rings. The summed E-state index contributed by atoms with van der Waals surface area (Å²) in [5.74, 6) is 0. The van der Waals surface area contributed by atoms with E-state index in [-0.39, 0.29) is 71.2 Å². The van der Waals surface area contributed by atoms with Crippen LogP contribution in [0.2, 0.25) is 0 Å². The van der Waals surface area contributed by atoms with Crippen LogP contribution in [0.3, 0.4) is 0 Å². The molecule has 4 heavy (non-hydrogen) atoms. The van der Waals surface area contributed by atoms with E-state index in [2.05, 4.69) is 0 Å². The number of hydrogen-bond donors (Lipinski definition) is 0. The Kier molecular flexibility index (Phi) is 193. The van der Waals surface area contributed by atoms with Crippen LogP contribution in [0.5, 0.6) is 0 Å². The molecule has 0 fully saturated rings. The molecule has 0 aliphatic carbocycles. The third kappa shape index (κ3) is 9.03. The van der Waals surface area contributed by atoms with Gasteiger partial charge in [-0.2, -0.15) is 0 Å². The summed E-state index contributed by atoms with van der Waals surface area (Å²) in [6, 6.07) is 0. The summed E-state index contributed by atoms with van der Waals surface area (Å²) in [5, 5.41) is 0. The average Bonchev–Trinajstić information content (AvgIpc) is 0. The standard InChI is InChI=1S/2O.Pu.U/q2*-2;+4;. The molecule has 0 aliphatic heterocycles. The Morgan fingerprint density at radius 1 is 0.750 bits per heavy atom. The Morgan fingerprint density at radius 3 is 0.750 bits per heavy atom. The van der Waals surface area contributed by atoms with Crippen molar-refractivity contribution in [2.45, 2.75) is 0 Å². The maximum absolute atomic E-state index is 0. The zero-order valence-corrected chi connectivity index (χ0v) is 9.29. The normalized spacial score (nSPS) is 0. The largest absolute Gasteiger partial charge is 4.00 e. The second kappa shape index (κ2) is 20.3.